The lowest BCUT2D eigenvalue weighted by atomic mass is 10.1. The zero-order valence-corrected chi connectivity index (χ0v) is 14.8. The van der Waals surface area contributed by atoms with Crippen LogP contribution in [0.5, 0.6) is 0 Å². The Labute approximate surface area is 150 Å². The Bertz CT molecular complexity index is 785. The third-order valence-electron chi connectivity index (χ3n) is 4.95. The number of thiazole rings is 1. The molecule has 25 heavy (non-hydrogen) atoms. The predicted octanol–water partition coefficient (Wildman–Crippen LogP) is 2.01. The van der Waals surface area contributed by atoms with E-state index in [4.69, 9.17) is 4.74 Å². The van der Waals surface area contributed by atoms with Gasteiger partial charge in [0.25, 0.3) is 5.91 Å². The summed E-state index contributed by atoms with van der Waals surface area (Å²) >= 11 is 1.54. The third-order valence-corrected chi connectivity index (χ3v) is 5.74. The molecule has 1 atom stereocenters. The van der Waals surface area contributed by atoms with Gasteiger partial charge in [-0.1, -0.05) is 0 Å². The van der Waals surface area contributed by atoms with Crippen molar-refractivity contribution in [2.24, 2.45) is 5.92 Å². The first-order chi connectivity index (χ1) is 12.2. The predicted molar refractivity (Wildman–Crippen MR) is 95.6 cm³/mol. The Morgan fingerprint density at radius 2 is 2.00 bits per heavy atom. The van der Waals surface area contributed by atoms with Gasteiger partial charge in [0.1, 0.15) is 0 Å². The minimum absolute atomic E-state index is 0.00372. The molecule has 0 N–H and O–H groups in total. The number of rotatable bonds is 2. The summed E-state index contributed by atoms with van der Waals surface area (Å²) in [6.45, 7) is 3.79. The van der Waals surface area contributed by atoms with Gasteiger partial charge in [-0.25, -0.2) is 4.98 Å². The molecule has 6 nitrogen and oxygen atoms in total. The van der Waals surface area contributed by atoms with Crippen LogP contribution < -0.4 is 0 Å². The minimum Gasteiger partial charge on any atom is -0.381 e. The molecule has 2 saturated heterocycles. The molecule has 0 saturated carbocycles. The van der Waals surface area contributed by atoms with Crippen molar-refractivity contribution in [3.05, 3.63) is 29.3 Å². The van der Waals surface area contributed by atoms with E-state index in [2.05, 4.69) is 4.98 Å². The fourth-order valence-electron chi connectivity index (χ4n) is 3.50. The number of nitrogens with zero attached hydrogens (tertiary/aromatic N) is 3. The molecule has 2 aliphatic heterocycles. The highest BCUT2D eigenvalue weighted by molar-refractivity contribution is 7.16. The van der Waals surface area contributed by atoms with Gasteiger partial charge >= 0.3 is 0 Å². The summed E-state index contributed by atoms with van der Waals surface area (Å²) in [6.07, 6.45) is 1.63. The summed E-state index contributed by atoms with van der Waals surface area (Å²) in [5.41, 5.74) is 3.41. The summed E-state index contributed by atoms with van der Waals surface area (Å²) in [4.78, 5) is 33.4. The zero-order chi connectivity index (χ0) is 17.2. The van der Waals surface area contributed by atoms with Crippen LogP contribution in [0.3, 0.4) is 0 Å². The van der Waals surface area contributed by atoms with Gasteiger partial charge in [-0.05, 0) is 31.0 Å². The molecule has 0 aliphatic carbocycles. The molecule has 2 amide bonds. The highest BCUT2D eigenvalue weighted by atomic mass is 32.1. The number of fused-ring (bicyclic) bond motifs is 1. The van der Waals surface area contributed by atoms with Crippen LogP contribution in [-0.4, -0.2) is 66.0 Å². The van der Waals surface area contributed by atoms with Crippen LogP contribution in [0.4, 0.5) is 0 Å². The normalized spacial score (nSPS) is 21.5. The van der Waals surface area contributed by atoms with Crippen LogP contribution in [-0.2, 0) is 9.53 Å². The topological polar surface area (TPSA) is 62.7 Å². The fourth-order valence-corrected chi connectivity index (χ4v) is 4.22. The number of carbonyl (C=O) groups excluding carboxylic acids is 2. The maximum absolute atomic E-state index is 12.8. The lowest BCUT2D eigenvalue weighted by Crippen LogP contribution is -2.40. The second-order valence-corrected chi connectivity index (χ2v) is 7.45. The maximum Gasteiger partial charge on any atom is 0.253 e. The van der Waals surface area contributed by atoms with E-state index in [9.17, 15) is 9.59 Å². The highest BCUT2D eigenvalue weighted by Crippen LogP contribution is 2.21. The maximum atomic E-state index is 12.8. The third kappa shape index (κ3) is 3.39. The van der Waals surface area contributed by atoms with Gasteiger partial charge in [0.2, 0.25) is 5.91 Å². The molecule has 2 aromatic rings. The van der Waals surface area contributed by atoms with Crippen LogP contribution in [0, 0.1) is 5.92 Å². The van der Waals surface area contributed by atoms with Crippen LogP contribution in [0.25, 0.3) is 10.2 Å². The molecule has 132 valence electrons. The number of carbonyl (C=O) groups is 2. The molecule has 2 fully saturated rings. The van der Waals surface area contributed by atoms with Crippen molar-refractivity contribution in [1.29, 1.82) is 0 Å². The second-order valence-electron chi connectivity index (χ2n) is 6.57. The van der Waals surface area contributed by atoms with E-state index in [0.717, 1.165) is 23.1 Å². The lowest BCUT2D eigenvalue weighted by Gasteiger charge is -2.24. The van der Waals surface area contributed by atoms with E-state index < -0.39 is 0 Å². The van der Waals surface area contributed by atoms with Crippen molar-refractivity contribution >= 4 is 33.4 Å². The van der Waals surface area contributed by atoms with Gasteiger partial charge in [0.05, 0.1) is 28.3 Å². The smallest absolute Gasteiger partial charge is 0.253 e. The van der Waals surface area contributed by atoms with Crippen molar-refractivity contribution in [3.8, 4) is 0 Å². The number of benzene rings is 1. The first-order valence-corrected chi connectivity index (χ1v) is 9.59. The van der Waals surface area contributed by atoms with Crippen LogP contribution in [0.2, 0.25) is 0 Å². The van der Waals surface area contributed by atoms with Crippen molar-refractivity contribution < 1.29 is 14.3 Å². The molecule has 3 heterocycles. The van der Waals surface area contributed by atoms with Crippen LogP contribution in [0.15, 0.2) is 23.7 Å². The quantitative estimate of drug-likeness (QED) is 0.823. The molecule has 1 aromatic carbocycles. The van der Waals surface area contributed by atoms with Gasteiger partial charge in [0.15, 0.2) is 0 Å². The molecule has 1 unspecified atom stereocenters. The standard InChI is InChI=1S/C18H21N3O3S/c22-17(13-2-3-15-16(10-13)25-12-19-15)20-5-1-6-21(8-7-20)18(23)14-4-9-24-11-14/h2-3,10,12,14H,1,4-9,11H2. The Morgan fingerprint density at radius 1 is 1.16 bits per heavy atom. The highest BCUT2D eigenvalue weighted by Gasteiger charge is 2.30. The van der Waals surface area contributed by atoms with Crippen LogP contribution in [0.1, 0.15) is 23.2 Å². The molecule has 0 spiro atoms. The Kier molecular flexibility index (Phi) is 4.67. The summed E-state index contributed by atoms with van der Waals surface area (Å²) in [7, 11) is 0. The molecule has 1 aromatic heterocycles. The fraction of sp³-hybridized carbons (Fsp3) is 0.500. The van der Waals surface area contributed by atoms with Gasteiger partial charge in [-0.15, -0.1) is 11.3 Å². The monoisotopic (exact) mass is 359 g/mol. The second kappa shape index (κ2) is 7.09. The van der Waals surface area contributed by atoms with Crippen molar-refractivity contribution in [3.63, 3.8) is 0 Å². The van der Waals surface area contributed by atoms with Gasteiger partial charge in [-0.2, -0.15) is 0 Å². The summed E-state index contributed by atoms with van der Waals surface area (Å²) in [6, 6.07) is 5.65. The summed E-state index contributed by atoms with van der Waals surface area (Å²) in [5.74, 6) is 0.211. The lowest BCUT2D eigenvalue weighted by molar-refractivity contribution is -0.135. The van der Waals surface area contributed by atoms with Crippen LogP contribution >= 0.6 is 11.3 Å². The number of hydrogen-bond donors (Lipinski definition) is 0. The molecule has 2 aliphatic rings. The van der Waals surface area contributed by atoms with E-state index in [-0.39, 0.29) is 17.7 Å². The van der Waals surface area contributed by atoms with Crippen molar-refractivity contribution in [2.75, 3.05) is 39.4 Å². The number of aromatic nitrogens is 1. The number of ether oxygens (including phenoxy) is 1. The zero-order valence-electron chi connectivity index (χ0n) is 14.0. The van der Waals surface area contributed by atoms with E-state index in [0.29, 0.717) is 45.0 Å². The molecular weight excluding hydrogens is 338 g/mol. The van der Waals surface area contributed by atoms with Crippen molar-refractivity contribution in [1.82, 2.24) is 14.8 Å². The molecular formula is C18H21N3O3S. The van der Waals surface area contributed by atoms with Crippen molar-refractivity contribution in [2.45, 2.75) is 12.8 Å². The number of amides is 2. The average Bonchev–Trinajstić information content (AvgIpc) is 3.27. The Balaban J connectivity index is 1.42. The molecule has 0 bridgehead atoms. The molecule has 0 radical (unpaired) electrons. The SMILES string of the molecule is O=C(c1ccc2ncsc2c1)N1CCCN(C(=O)C2CCOC2)CC1. The van der Waals surface area contributed by atoms with E-state index >= 15 is 0 Å². The van der Waals surface area contributed by atoms with E-state index in [1.807, 2.05) is 28.0 Å². The first kappa shape index (κ1) is 16.5. The Morgan fingerprint density at radius 3 is 2.84 bits per heavy atom. The molecule has 7 heteroatoms. The van der Waals surface area contributed by atoms with Gasteiger partial charge in [-0.3, -0.25) is 9.59 Å². The number of hydrogen-bond acceptors (Lipinski definition) is 5. The molecule has 4 rings (SSSR count). The van der Waals surface area contributed by atoms with Gasteiger partial charge in [0, 0.05) is 38.3 Å². The first-order valence-electron chi connectivity index (χ1n) is 8.71. The Hall–Kier alpha value is -1.99. The van der Waals surface area contributed by atoms with Gasteiger partial charge < -0.3 is 14.5 Å². The minimum atomic E-state index is -0.00372. The summed E-state index contributed by atoms with van der Waals surface area (Å²) in [5, 5.41) is 0. The van der Waals surface area contributed by atoms with E-state index in [1.54, 1.807) is 16.8 Å². The van der Waals surface area contributed by atoms with E-state index in [1.165, 1.54) is 0 Å². The average molecular weight is 359 g/mol. The summed E-state index contributed by atoms with van der Waals surface area (Å²) < 4.78 is 6.36. The largest absolute Gasteiger partial charge is 0.381 e.